The van der Waals surface area contributed by atoms with Crippen LogP contribution in [0.4, 0.5) is 5.69 Å². The monoisotopic (exact) mass is 357 g/mol. The van der Waals surface area contributed by atoms with Crippen LogP contribution in [0.2, 0.25) is 0 Å². The second kappa shape index (κ2) is 9.02. The summed E-state index contributed by atoms with van der Waals surface area (Å²) >= 11 is 3.38. The standard InChI is InChI=1S/C15H24BrN3O2/c1-18(2)7-4-8-19(9-10-21-3)15(20)13-11-12(16)5-6-14(13)17/h5-6,11H,4,7-10,17H2,1-3H3. The number of amides is 1. The van der Waals surface area contributed by atoms with Gasteiger partial charge in [0.05, 0.1) is 12.2 Å². The normalized spacial score (nSPS) is 10.9. The van der Waals surface area contributed by atoms with Crippen molar-refractivity contribution in [3.63, 3.8) is 0 Å². The Hall–Kier alpha value is -1.11. The van der Waals surface area contributed by atoms with Crippen molar-refractivity contribution in [2.24, 2.45) is 0 Å². The smallest absolute Gasteiger partial charge is 0.256 e. The van der Waals surface area contributed by atoms with E-state index in [2.05, 4.69) is 20.8 Å². The van der Waals surface area contributed by atoms with E-state index in [1.807, 2.05) is 20.2 Å². The molecular formula is C15H24BrN3O2. The largest absolute Gasteiger partial charge is 0.398 e. The minimum atomic E-state index is -0.0513. The molecular weight excluding hydrogens is 334 g/mol. The number of carbonyl (C=O) groups excluding carboxylic acids is 1. The highest BCUT2D eigenvalue weighted by molar-refractivity contribution is 9.10. The zero-order valence-electron chi connectivity index (χ0n) is 12.9. The number of methoxy groups -OCH3 is 1. The minimum Gasteiger partial charge on any atom is -0.398 e. The molecule has 0 saturated carbocycles. The molecule has 1 amide bonds. The van der Waals surface area contributed by atoms with Crippen molar-refractivity contribution in [3.05, 3.63) is 28.2 Å². The van der Waals surface area contributed by atoms with Gasteiger partial charge in [0.25, 0.3) is 5.91 Å². The summed E-state index contributed by atoms with van der Waals surface area (Å²) in [6, 6.07) is 5.34. The Labute approximate surface area is 135 Å². The molecule has 1 aromatic rings. The Morgan fingerprint density at radius 2 is 2.00 bits per heavy atom. The molecule has 1 rings (SSSR count). The van der Waals surface area contributed by atoms with Gasteiger partial charge >= 0.3 is 0 Å². The lowest BCUT2D eigenvalue weighted by Gasteiger charge is -2.24. The van der Waals surface area contributed by atoms with Crippen molar-refractivity contribution in [1.82, 2.24) is 9.80 Å². The van der Waals surface area contributed by atoms with Gasteiger partial charge in [0.15, 0.2) is 0 Å². The SMILES string of the molecule is COCCN(CCCN(C)C)C(=O)c1cc(Br)ccc1N. The highest BCUT2D eigenvalue weighted by atomic mass is 79.9. The van der Waals surface area contributed by atoms with Gasteiger partial charge in [-0.2, -0.15) is 0 Å². The number of rotatable bonds is 8. The van der Waals surface area contributed by atoms with E-state index in [-0.39, 0.29) is 5.91 Å². The molecule has 0 heterocycles. The van der Waals surface area contributed by atoms with Gasteiger partial charge in [-0.3, -0.25) is 4.79 Å². The fourth-order valence-corrected chi connectivity index (χ4v) is 2.34. The van der Waals surface area contributed by atoms with E-state index in [1.54, 1.807) is 24.1 Å². The molecule has 0 aromatic heterocycles. The van der Waals surface area contributed by atoms with Crippen molar-refractivity contribution >= 4 is 27.5 Å². The molecule has 0 saturated heterocycles. The van der Waals surface area contributed by atoms with Crippen molar-refractivity contribution in [2.75, 3.05) is 53.2 Å². The summed E-state index contributed by atoms with van der Waals surface area (Å²) < 4.78 is 5.94. The quantitative estimate of drug-likeness (QED) is 0.723. The van der Waals surface area contributed by atoms with E-state index in [9.17, 15) is 4.79 Å². The van der Waals surface area contributed by atoms with E-state index in [0.717, 1.165) is 17.4 Å². The van der Waals surface area contributed by atoms with E-state index < -0.39 is 0 Å². The molecule has 6 heteroatoms. The third-order valence-corrected chi connectivity index (χ3v) is 3.62. The number of nitrogens with two attached hydrogens (primary N) is 1. The van der Waals surface area contributed by atoms with Gasteiger partial charge in [0, 0.05) is 30.4 Å². The molecule has 0 bridgehead atoms. The zero-order chi connectivity index (χ0) is 15.8. The van der Waals surface area contributed by atoms with Crippen molar-refractivity contribution in [2.45, 2.75) is 6.42 Å². The maximum absolute atomic E-state index is 12.7. The molecule has 0 unspecified atom stereocenters. The van der Waals surface area contributed by atoms with E-state index in [4.69, 9.17) is 10.5 Å². The first-order valence-corrected chi connectivity index (χ1v) is 7.73. The summed E-state index contributed by atoms with van der Waals surface area (Å²) in [5, 5.41) is 0. The Morgan fingerprint density at radius 3 is 2.62 bits per heavy atom. The summed E-state index contributed by atoms with van der Waals surface area (Å²) in [5.41, 5.74) is 6.96. The van der Waals surface area contributed by atoms with Crippen LogP contribution in [0.25, 0.3) is 0 Å². The fourth-order valence-electron chi connectivity index (χ4n) is 1.98. The van der Waals surface area contributed by atoms with E-state index >= 15 is 0 Å². The summed E-state index contributed by atoms with van der Waals surface area (Å²) in [6.45, 7) is 2.70. The average molecular weight is 358 g/mol. The number of carbonyl (C=O) groups is 1. The maximum Gasteiger partial charge on any atom is 0.256 e. The van der Waals surface area contributed by atoms with Crippen LogP contribution in [-0.2, 0) is 4.74 Å². The first-order chi connectivity index (χ1) is 9.95. The molecule has 1 aromatic carbocycles. The number of hydrogen-bond donors (Lipinski definition) is 1. The predicted molar refractivity (Wildman–Crippen MR) is 89.5 cm³/mol. The lowest BCUT2D eigenvalue weighted by atomic mass is 10.1. The van der Waals surface area contributed by atoms with Crippen LogP contribution in [0, 0.1) is 0 Å². The van der Waals surface area contributed by atoms with Crippen molar-refractivity contribution in [1.29, 1.82) is 0 Å². The molecule has 0 aliphatic rings. The van der Waals surface area contributed by atoms with Crippen LogP contribution < -0.4 is 5.73 Å². The lowest BCUT2D eigenvalue weighted by molar-refractivity contribution is 0.0690. The molecule has 2 N–H and O–H groups in total. The summed E-state index contributed by atoms with van der Waals surface area (Å²) in [4.78, 5) is 16.6. The van der Waals surface area contributed by atoms with Crippen LogP contribution in [0.1, 0.15) is 16.8 Å². The highest BCUT2D eigenvalue weighted by Gasteiger charge is 2.18. The fraction of sp³-hybridized carbons (Fsp3) is 0.533. The lowest BCUT2D eigenvalue weighted by Crippen LogP contribution is -2.36. The van der Waals surface area contributed by atoms with E-state index in [0.29, 0.717) is 30.9 Å². The molecule has 21 heavy (non-hydrogen) atoms. The summed E-state index contributed by atoms with van der Waals surface area (Å²) in [6.07, 6.45) is 0.913. The average Bonchev–Trinajstić information content (AvgIpc) is 2.44. The molecule has 0 atom stereocenters. The highest BCUT2D eigenvalue weighted by Crippen LogP contribution is 2.20. The topological polar surface area (TPSA) is 58.8 Å². The molecule has 5 nitrogen and oxygen atoms in total. The second-order valence-electron chi connectivity index (χ2n) is 5.17. The first kappa shape index (κ1) is 17.9. The maximum atomic E-state index is 12.7. The van der Waals surface area contributed by atoms with Gasteiger partial charge in [0.2, 0.25) is 0 Å². The van der Waals surface area contributed by atoms with Gasteiger partial charge in [-0.1, -0.05) is 15.9 Å². The predicted octanol–water partition coefficient (Wildman–Crippen LogP) is 2.07. The van der Waals surface area contributed by atoms with Crippen molar-refractivity contribution < 1.29 is 9.53 Å². The van der Waals surface area contributed by atoms with Crippen LogP contribution in [-0.4, -0.2) is 63.2 Å². The molecule has 0 spiro atoms. The third kappa shape index (κ3) is 6.03. The zero-order valence-corrected chi connectivity index (χ0v) is 14.5. The van der Waals surface area contributed by atoms with Crippen LogP contribution >= 0.6 is 15.9 Å². The van der Waals surface area contributed by atoms with Crippen LogP contribution in [0.15, 0.2) is 22.7 Å². The van der Waals surface area contributed by atoms with Crippen molar-refractivity contribution in [3.8, 4) is 0 Å². The number of hydrogen-bond acceptors (Lipinski definition) is 4. The Balaban J connectivity index is 2.80. The first-order valence-electron chi connectivity index (χ1n) is 6.93. The number of ether oxygens (including phenoxy) is 1. The van der Waals surface area contributed by atoms with Gasteiger partial charge in [-0.25, -0.2) is 0 Å². The number of halogens is 1. The number of benzene rings is 1. The Kier molecular flexibility index (Phi) is 7.71. The third-order valence-electron chi connectivity index (χ3n) is 3.13. The van der Waals surface area contributed by atoms with Crippen LogP contribution in [0.3, 0.4) is 0 Å². The van der Waals surface area contributed by atoms with Gasteiger partial charge < -0.3 is 20.3 Å². The van der Waals surface area contributed by atoms with Gasteiger partial charge in [0.1, 0.15) is 0 Å². The molecule has 0 aliphatic carbocycles. The molecule has 0 radical (unpaired) electrons. The second-order valence-corrected chi connectivity index (χ2v) is 6.09. The minimum absolute atomic E-state index is 0.0513. The molecule has 0 aliphatic heterocycles. The number of nitrogen functional groups attached to an aromatic ring is 1. The summed E-state index contributed by atoms with van der Waals surface area (Å²) in [5.74, 6) is -0.0513. The summed E-state index contributed by atoms with van der Waals surface area (Å²) in [7, 11) is 5.68. The Morgan fingerprint density at radius 1 is 1.29 bits per heavy atom. The molecule has 118 valence electrons. The number of anilines is 1. The van der Waals surface area contributed by atoms with Gasteiger partial charge in [-0.05, 0) is 45.3 Å². The van der Waals surface area contributed by atoms with E-state index in [1.165, 1.54) is 0 Å². The van der Waals surface area contributed by atoms with Gasteiger partial charge in [-0.15, -0.1) is 0 Å². The Bertz CT molecular complexity index is 466. The van der Waals surface area contributed by atoms with Crippen LogP contribution in [0.5, 0.6) is 0 Å². The number of nitrogens with zero attached hydrogens (tertiary/aromatic N) is 2. The molecule has 0 fully saturated rings.